The second kappa shape index (κ2) is 4.82. The predicted octanol–water partition coefficient (Wildman–Crippen LogP) is 3.78. The van der Waals surface area contributed by atoms with Crippen molar-refractivity contribution < 1.29 is 0 Å². The van der Waals surface area contributed by atoms with Gasteiger partial charge in [-0.25, -0.2) is 4.98 Å². The quantitative estimate of drug-likeness (QED) is 0.906. The van der Waals surface area contributed by atoms with E-state index in [2.05, 4.69) is 36.6 Å². The van der Waals surface area contributed by atoms with Crippen molar-refractivity contribution in [3.8, 4) is 11.3 Å². The van der Waals surface area contributed by atoms with Gasteiger partial charge in [0.05, 0.1) is 11.7 Å². The predicted molar refractivity (Wildman–Crippen MR) is 76.6 cm³/mol. The van der Waals surface area contributed by atoms with Crippen LogP contribution in [0.2, 0.25) is 0 Å². The lowest BCUT2D eigenvalue weighted by atomic mass is 10.1. The first-order valence-electron chi connectivity index (χ1n) is 6.58. The van der Waals surface area contributed by atoms with E-state index in [1.807, 2.05) is 0 Å². The summed E-state index contributed by atoms with van der Waals surface area (Å²) in [5, 5.41) is 3.21. The summed E-state index contributed by atoms with van der Waals surface area (Å²) in [5.41, 5.74) is 9.81. The van der Waals surface area contributed by atoms with Gasteiger partial charge in [0.15, 0.2) is 0 Å². The van der Waals surface area contributed by atoms with Crippen molar-refractivity contribution in [3.05, 3.63) is 40.2 Å². The maximum atomic E-state index is 6.19. The van der Waals surface area contributed by atoms with Crippen molar-refractivity contribution in [3.63, 3.8) is 0 Å². The molecule has 1 aromatic carbocycles. The molecule has 3 rings (SSSR count). The normalized spacial score (nSPS) is 16.8. The van der Waals surface area contributed by atoms with Crippen LogP contribution in [0, 0.1) is 5.92 Å². The lowest BCUT2D eigenvalue weighted by Crippen LogP contribution is -2.11. The Hall–Kier alpha value is -1.19. The van der Waals surface area contributed by atoms with Gasteiger partial charge in [-0.1, -0.05) is 31.2 Å². The van der Waals surface area contributed by atoms with E-state index in [9.17, 15) is 0 Å². The van der Waals surface area contributed by atoms with Gasteiger partial charge < -0.3 is 5.73 Å². The highest BCUT2D eigenvalue weighted by Gasteiger charge is 2.31. The molecule has 0 aliphatic heterocycles. The Labute approximate surface area is 112 Å². The molecule has 1 saturated carbocycles. The molecule has 1 aliphatic carbocycles. The maximum absolute atomic E-state index is 6.19. The summed E-state index contributed by atoms with van der Waals surface area (Å²) in [4.78, 5) is 4.69. The zero-order chi connectivity index (χ0) is 12.5. The van der Waals surface area contributed by atoms with Gasteiger partial charge in [-0.3, -0.25) is 0 Å². The third-order valence-electron chi connectivity index (χ3n) is 3.59. The third kappa shape index (κ3) is 2.33. The third-order valence-corrected chi connectivity index (χ3v) is 4.54. The standard InChI is InChI=1S/C15H18N2S/c1-2-10-3-5-11(6-4-10)13-9-18-15(17-13)14(16)12-7-8-12/h3-6,9,12,14H,2,7-8,16H2,1H3. The van der Waals surface area contributed by atoms with E-state index in [-0.39, 0.29) is 6.04 Å². The molecule has 0 radical (unpaired) electrons. The molecule has 2 nitrogen and oxygen atoms in total. The molecular weight excluding hydrogens is 240 g/mol. The number of hydrogen-bond donors (Lipinski definition) is 1. The number of nitrogens with two attached hydrogens (primary N) is 1. The highest BCUT2D eigenvalue weighted by Crippen LogP contribution is 2.40. The Kier molecular flexibility index (Phi) is 3.18. The van der Waals surface area contributed by atoms with Gasteiger partial charge in [0.2, 0.25) is 0 Å². The van der Waals surface area contributed by atoms with Crippen molar-refractivity contribution in [1.29, 1.82) is 0 Å². The van der Waals surface area contributed by atoms with Gasteiger partial charge in [0.25, 0.3) is 0 Å². The van der Waals surface area contributed by atoms with Gasteiger partial charge in [-0.05, 0) is 30.7 Å². The molecule has 94 valence electrons. The Morgan fingerprint density at radius 3 is 2.67 bits per heavy atom. The van der Waals surface area contributed by atoms with Gasteiger partial charge in [-0.2, -0.15) is 0 Å². The average Bonchev–Trinajstić information content (AvgIpc) is 3.15. The molecular formula is C15H18N2S. The lowest BCUT2D eigenvalue weighted by Gasteiger charge is -2.04. The van der Waals surface area contributed by atoms with E-state index in [1.165, 1.54) is 24.0 Å². The number of benzene rings is 1. The molecule has 0 amide bonds. The minimum absolute atomic E-state index is 0.152. The number of thiazole rings is 1. The van der Waals surface area contributed by atoms with Gasteiger partial charge in [-0.15, -0.1) is 11.3 Å². The van der Waals surface area contributed by atoms with Crippen molar-refractivity contribution in [1.82, 2.24) is 4.98 Å². The van der Waals surface area contributed by atoms with E-state index >= 15 is 0 Å². The monoisotopic (exact) mass is 258 g/mol. The van der Waals surface area contributed by atoms with E-state index in [1.54, 1.807) is 11.3 Å². The Morgan fingerprint density at radius 1 is 1.33 bits per heavy atom. The molecule has 3 heteroatoms. The van der Waals surface area contributed by atoms with Crippen molar-refractivity contribution in [2.75, 3.05) is 0 Å². The van der Waals surface area contributed by atoms with E-state index < -0.39 is 0 Å². The summed E-state index contributed by atoms with van der Waals surface area (Å²) >= 11 is 1.69. The summed E-state index contributed by atoms with van der Waals surface area (Å²) in [7, 11) is 0. The van der Waals surface area contributed by atoms with Crippen molar-refractivity contribution >= 4 is 11.3 Å². The van der Waals surface area contributed by atoms with Crippen LogP contribution in [0.5, 0.6) is 0 Å². The molecule has 1 heterocycles. The van der Waals surface area contributed by atoms with Crippen molar-refractivity contribution in [2.24, 2.45) is 11.7 Å². The van der Waals surface area contributed by atoms with Crippen LogP contribution in [-0.4, -0.2) is 4.98 Å². The fourth-order valence-corrected chi connectivity index (χ4v) is 3.06. The molecule has 0 spiro atoms. The molecule has 18 heavy (non-hydrogen) atoms. The highest BCUT2D eigenvalue weighted by molar-refractivity contribution is 7.10. The van der Waals surface area contributed by atoms with Gasteiger partial charge in [0.1, 0.15) is 5.01 Å². The van der Waals surface area contributed by atoms with Gasteiger partial charge in [0, 0.05) is 10.9 Å². The summed E-state index contributed by atoms with van der Waals surface area (Å²) in [6.07, 6.45) is 3.61. The van der Waals surface area contributed by atoms with Crippen LogP contribution in [0.3, 0.4) is 0 Å². The second-order valence-corrected chi connectivity index (χ2v) is 5.87. The maximum Gasteiger partial charge on any atom is 0.110 e. The molecule has 1 unspecified atom stereocenters. The van der Waals surface area contributed by atoms with Crippen LogP contribution in [-0.2, 0) is 6.42 Å². The SMILES string of the molecule is CCc1ccc(-c2csc(C(N)C3CC3)n2)cc1. The minimum atomic E-state index is 0.152. The van der Waals surface area contributed by atoms with Crippen LogP contribution in [0.15, 0.2) is 29.6 Å². The highest BCUT2D eigenvalue weighted by atomic mass is 32.1. The molecule has 1 fully saturated rings. The molecule has 1 aliphatic rings. The number of nitrogens with zero attached hydrogens (tertiary/aromatic N) is 1. The van der Waals surface area contributed by atoms with Gasteiger partial charge >= 0.3 is 0 Å². The van der Waals surface area contributed by atoms with Crippen LogP contribution < -0.4 is 5.73 Å². The Bertz CT molecular complexity index is 526. The number of rotatable bonds is 4. The average molecular weight is 258 g/mol. The first-order chi connectivity index (χ1) is 8.78. The summed E-state index contributed by atoms with van der Waals surface area (Å²) in [6.45, 7) is 2.17. The molecule has 0 saturated heterocycles. The zero-order valence-corrected chi connectivity index (χ0v) is 11.4. The zero-order valence-electron chi connectivity index (χ0n) is 10.6. The fraction of sp³-hybridized carbons (Fsp3) is 0.400. The Morgan fingerprint density at radius 2 is 2.06 bits per heavy atom. The number of aryl methyl sites for hydroxylation is 1. The van der Waals surface area contributed by atoms with Crippen LogP contribution in [0.1, 0.15) is 36.4 Å². The van der Waals surface area contributed by atoms with Crippen LogP contribution >= 0.6 is 11.3 Å². The number of hydrogen-bond acceptors (Lipinski definition) is 3. The smallest absolute Gasteiger partial charge is 0.110 e. The summed E-state index contributed by atoms with van der Waals surface area (Å²) in [5.74, 6) is 0.673. The molecule has 1 atom stereocenters. The largest absolute Gasteiger partial charge is 0.322 e. The van der Waals surface area contributed by atoms with E-state index in [4.69, 9.17) is 10.7 Å². The van der Waals surface area contributed by atoms with Crippen LogP contribution in [0.4, 0.5) is 0 Å². The fourth-order valence-electron chi connectivity index (χ4n) is 2.14. The second-order valence-electron chi connectivity index (χ2n) is 4.98. The first kappa shape index (κ1) is 11.9. The molecule has 1 aromatic heterocycles. The van der Waals surface area contributed by atoms with Crippen LogP contribution in [0.25, 0.3) is 11.3 Å². The Balaban J connectivity index is 1.82. The summed E-state index contributed by atoms with van der Waals surface area (Å²) in [6, 6.07) is 8.81. The molecule has 2 aromatic rings. The van der Waals surface area contributed by atoms with E-state index in [0.717, 1.165) is 17.1 Å². The molecule has 2 N–H and O–H groups in total. The summed E-state index contributed by atoms with van der Waals surface area (Å²) < 4.78 is 0. The minimum Gasteiger partial charge on any atom is -0.322 e. The van der Waals surface area contributed by atoms with Crippen molar-refractivity contribution in [2.45, 2.75) is 32.2 Å². The molecule has 0 bridgehead atoms. The first-order valence-corrected chi connectivity index (χ1v) is 7.46. The van der Waals surface area contributed by atoms with E-state index in [0.29, 0.717) is 5.92 Å². The number of aromatic nitrogens is 1. The topological polar surface area (TPSA) is 38.9 Å². The lowest BCUT2D eigenvalue weighted by molar-refractivity contribution is 0.629.